The number of amides is 1. The smallest absolute Gasteiger partial charge is 0.355 e. The Morgan fingerprint density at radius 2 is 2.36 bits per heavy atom. The van der Waals surface area contributed by atoms with Gasteiger partial charge < -0.3 is 14.9 Å². The molecule has 0 aliphatic carbocycles. The number of carbonyl (C=O) groups excluding carboxylic acids is 1. The third kappa shape index (κ3) is 0.941. The lowest BCUT2D eigenvalue weighted by Crippen LogP contribution is -2.62. The fraction of sp³-hybridized carbons (Fsp3) is 0.500. The molecule has 2 aliphatic rings. The molecule has 0 spiro atoms. The summed E-state index contributed by atoms with van der Waals surface area (Å²) >= 11 is 0. The maximum Gasteiger partial charge on any atom is 0.355 e. The van der Waals surface area contributed by atoms with Crippen molar-refractivity contribution in [3.8, 4) is 0 Å². The SMILES string of the molecule is CC(O)C1C(=O)N2C(C(=O)O)=COC12. The van der Waals surface area contributed by atoms with E-state index in [-0.39, 0.29) is 5.70 Å². The number of carboxylic acids is 1. The zero-order chi connectivity index (χ0) is 10.5. The minimum absolute atomic E-state index is 0.170. The molecule has 0 radical (unpaired) electrons. The van der Waals surface area contributed by atoms with Gasteiger partial charge in [-0.25, -0.2) is 4.79 Å². The zero-order valence-electron chi connectivity index (χ0n) is 7.38. The first kappa shape index (κ1) is 9.01. The Morgan fingerprint density at radius 3 is 2.86 bits per heavy atom. The van der Waals surface area contributed by atoms with Crippen LogP contribution in [0.25, 0.3) is 0 Å². The number of fused-ring (bicyclic) bond motifs is 1. The monoisotopic (exact) mass is 199 g/mol. The highest BCUT2D eigenvalue weighted by atomic mass is 16.5. The third-order valence-corrected chi connectivity index (χ3v) is 2.40. The van der Waals surface area contributed by atoms with Gasteiger partial charge >= 0.3 is 5.97 Å². The van der Waals surface area contributed by atoms with Gasteiger partial charge in [0, 0.05) is 0 Å². The predicted octanol–water partition coefficient (Wildman–Crippen LogP) is -0.892. The number of carboxylic acid groups (broad SMARTS) is 1. The van der Waals surface area contributed by atoms with E-state index in [0.29, 0.717) is 0 Å². The summed E-state index contributed by atoms with van der Waals surface area (Å²) in [5.41, 5.74) is -0.170. The molecule has 1 saturated heterocycles. The van der Waals surface area contributed by atoms with Crippen LogP contribution >= 0.6 is 0 Å². The topological polar surface area (TPSA) is 87.1 Å². The van der Waals surface area contributed by atoms with Crippen LogP contribution in [0, 0.1) is 5.92 Å². The standard InChI is InChI=1S/C8H9NO5/c1-3(10)5-6(11)9-4(8(12)13)2-14-7(5)9/h2-3,5,7,10H,1H3,(H,12,13). The van der Waals surface area contributed by atoms with Crippen molar-refractivity contribution in [2.75, 3.05) is 0 Å². The van der Waals surface area contributed by atoms with E-state index in [9.17, 15) is 14.7 Å². The summed E-state index contributed by atoms with van der Waals surface area (Å²) in [6.07, 6.45) is -0.438. The number of β-lactam (4-membered cyclic amide) rings is 1. The number of nitrogens with zero attached hydrogens (tertiary/aromatic N) is 1. The van der Waals surface area contributed by atoms with E-state index < -0.39 is 30.1 Å². The van der Waals surface area contributed by atoms with Crippen molar-refractivity contribution >= 4 is 11.9 Å². The summed E-state index contributed by atoms with van der Waals surface area (Å²) in [7, 11) is 0. The Kier molecular flexibility index (Phi) is 1.75. The first-order valence-corrected chi connectivity index (χ1v) is 4.14. The first-order chi connectivity index (χ1) is 6.54. The van der Waals surface area contributed by atoms with Crippen LogP contribution in [0.3, 0.4) is 0 Å². The molecule has 3 unspecified atom stereocenters. The Hall–Kier alpha value is -1.56. The van der Waals surface area contributed by atoms with E-state index in [4.69, 9.17) is 9.84 Å². The van der Waals surface area contributed by atoms with Gasteiger partial charge in [0.25, 0.3) is 0 Å². The second-order valence-electron chi connectivity index (χ2n) is 3.31. The quantitative estimate of drug-likeness (QED) is 0.563. The van der Waals surface area contributed by atoms with Gasteiger partial charge in [-0.05, 0) is 6.92 Å². The van der Waals surface area contributed by atoms with Crippen LogP contribution in [0.15, 0.2) is 12.0 Å². The maximum absolute atomic E-state index is 11.4. The highest BCUT2D eigenvalue weighted by molar-refractivity contribution is 5.97. The van der Waals surface area contributed by atoms with Gasteiger partial charge in [0.1, 0.15) is 12.2 Å². The average molecular weight is 199 g/mol. The molecule has 3 atom stereocenters. The first-order valence-electron chi connectivity index (χ1n) is 4.14. The number of rotatable bonds is 2. The van der Waals surface area contributed by atoms with Gasteiger partial charge in [-0.2, -0.15) is 0 Å². The molecule has 0 aromatic heterocycles. The second-order valence-corrected chi connectivity index (χ2v) is 3.31. The third-order valence-electron chi connectivity index (χ3n) is 2.40. The van der Waals surface area contributed by atoms with Crippen molar-refractivity contribution < 1.29 is 24.5 Å². The summed E-state index contributed by atoms with van der Waals surface area (Å²) < 4.78 is 4.97. The van der Waals surface area contributed by atoms with Crippen LogP contribution in [0.1, 0.15) is 6.92 Å². The average Bonchev–Trinajstić information content (AvgIpc) is 2.42. The van der Waals surface area contributed by atoms with Crippen molar-refractivity contribution in [1.82, 2.24) is 4.90 Å². The van der Waals surface area contributed by atoms with Crippen molar-refractivity contribution in [3.63, 3.8) is 0 Å². The van der Waals surface area contributed by atoms with Crippen LogP contribution < -0.4 is 0 Å². The molecule has 2 aliphatic heterocycles. The van der Waals surface area contributed by atoms with Crippen molar-refractivity contribution in [3.05, 3.63) is 12.0 Å². The Bertz CT molecular complexity index is 335. The van der Waals surface area contributed by atoms with E-state index in [1.165, 1.54) is 6.92 Å². The second kappa shape index (κ2) is 2.71. The maximum atomic E-state index is 11.4. The summed E-state index contributed by atoms with van der Waals surface area (Å²) in [5, 5.41) is 17.9. The normalized spacial score (nSPS) is 31.4. The number of aliphatic hydroxyl groups is 1. The van der Waals surface area contributed by atoms with E-state index in [1.807, 2.05) is 0 Å². The van der Waals surface area contributed by atoms with E-state index >= 15 is 0 Å². The number of carbonyl (C=O) groups is 2. The largest absolute Gasteiger partial charge is 0.476 e. The Morgan fingerprint density at radius 1 is 1.71 bits per heavy atom. The molecular formula is C8H9NO5. The van der Waals surface area contributed by atoms with Gasteiger partial charge in [-0.15, -0.1) is 0 Å². The number of hydrogen-bond donors (Lipinski definition) is 2. The number of aliphatic carboxylic acids is 1. The summed E-state index contributed by atoms with van der Waals surface area (Å²) in [6, 6.07) is 0. The van der Waals surface area contributed by atoms with E-state index in [2.05, 4.69) is 0 Å². The molecule has 6 nitrogen and oxygen atoms in total. The molecule has 6 heteroatoms. The molecule has 2 N–H and O–H groups in total. The molecule has 14 heavy (non-hydrogen) atoms. The van der Waals surface area contributed by atoms with Gasteiger partial charge in [0.05, 0.1) is 6.10 Å². The zero-order valence-corrected chi connectivity index (χ0v) is 7.38. The lowest BCUT2D eigenvalue weighted by molar-refractivity contribution is -0.180. The van der Waals surface area contributed by atoms with Gasteiger partial charge in [-0.1, -0.05) is 0 Å². The summed E-state index contributed by atoms with van der Waals surface area (Å²) in [6.45, 7) is 1.47. The van der Waals surface area contributed by atoms with Crippen LogP contribution in [-0.2, 0) is 14.3 Å². The van der Waals surface area contributed by atoms with Crippen molar-refractivity contribution in [2.45, 2.75) is 19.3 Å². The van der Waals surface area contributed by atoms with Crippen molar-refractivity contribution in [1.29, 1.82) is 0 Å². The minimum atomic E-state index is -1.20. The molecule has 0 aromatic carbocycles. The van der Waals surface area contributed by atoms with Gasteiger partial charge in [0.15, 0.2) is 11.9 Å². The van der Waals surface area contributed by atoms with Crippen LogP contribution in [0.5, 0.6) is 0 Å². The number of ether oxygens (including phenoxy) is 1. The Balaban J connectivity index is 2.17. The number of hydrogen-bond acceptors (Lipinski definition) is 4. The van der Waals surface area contributed by atoms with E-state index in [1.54, 1.807) is 0 Å². The molecule has 1 fully saturated rings. The molecular weight excluding hydrogens is 190 g/mol. The Labute approximate surface area is 79.4 Å². The summed E-state index contributed by atoms with van der Waals surface area (Å²) in [4.78, 5) is 23.0. The van der Waals surface area contributed by atoms with Crippen LogP contribution in [0.4, 0.5) is 0 Å². The van der Waals surface area contributed by atoms with E-state index in [0.717, 1.165) is 11.2 Å². The molecule has 0 aromatic rings. The van der Waals surface area contributed by atoms with Crippen molar-refractivity contribution in [2.24, 2.45) is 5.92 Å². The molecule has 0 bridgehead atoms. The lowest BCUT2D eigenvalue weighted by Gasteiger charge is -2.42. The fourth-order valence-corrected chi connectivity index (χ4v) is 1.68. The predicted molar refractivity (Wildman–Crippen MR) is 42.6 cm³/mol. The lowest BCUT2D eigenvalue weighted by atomic mass is 9.91. The molecule has 2 heterocycles. The highest BCUT2D eigenvalue weighted by Crippen LogP contribution is 2.38. The molecule has 1 amide bonds. The van der Waals surface area contributed by atoms with Crippen LogP contribution in [0.2, 0.25) is 0 Å². The van der Waals surface area contributed by atoms with Gasteiger partial charge in [0.2, 0.25) is 5.91 Å². The molecule has 2 rings (SSSR count). The minimum Gasteiger partial charge on any atom is -0.476 e. The summed E-state index contributed by atoms with van der Waals surface area (Å²) in [5.74, 6) is -2.26. The molecule has 0 saturated carbocycles. The fourth-order valence-electron chi connectivity index (χ4n) is 1.68. The highest BCUT2D eigenvalue weighted by Gasteiger charge is 2.56. The molecule has 76 valence electrons. The van der Waals surface area contributed by atoms with Gasteiger partial charge in [-0.3, -0.25) is 9.69 Å². The van der Waals surface area contributed by atoms with Crippen LogP contribution in [-0.4, -0.2) is 39.3 Å². The number of aliphatic hydroxyl groups excluding tert-OH is 1.